The summed E-state index contributed by atoms with van der Waals surface area (Å²) < 4.78 is 38.2. The van der Waals surface area contributed by atoms with Gasteiger partial charge in [-0.05, 0) is 43.7 Å². The van der Waals surface area contributed by atoms with E-state index in [0.717, 1.165) is 25.9 Å². The molecule has 0 N–H and O–H groups in total. The van der Waals surface area contributed by atoms with E-state index < -0.39 is 10.0 Å². The molecule has 28 heavy (non-hydrogen) atoms. The van der Waals surface area contributed by atoms with Gasteiger partial charge < -0.3 is 14.4 Å². The third-order valence-corrected chi connectivity index (χ3v) is 7.81. The van der Waals surface area contributed by atoms with Crippen molar-refractivity contribution < 1.29 is 22.7 Å². The predicted molar refractivity (Wildman–Crippen MR) is 106 cm³/mol. The van der Waals surface area contributed by atoms with Gasteiger partial charge in [0, 0.05) is 38.2 Å². The highest BCUT2D eigenvalue weighted by atomic mass is 32.2. The molecule has 156 valence electrons. The summed E-state index contributed by atoms with van der Waals surface area (Å²) in [7, 11) is -0.769. The molecule has 0 aliphatic carbocycles. The van der Waals surface area contributed by atoms with Gasteiger partial charge in [-0.25, -0.2) is 8.42 Å². The summed E-state index contributed by atoms with van der Waals surface area (Å²) in [4.78, 5) is 14.9. The zero-order chi connectivity index (χ0) is 20.3. The van der Waals surface area contributed by atoms with Gasteiger partial charge in [-0.2, -0.15) is 4.31 Å². The van der Waals surface area contributed by atoms with E-state index >= 15 is 0 Å². The van der Waals surface area contributed by atoms with Crippen LogP contribution in [0.1, 0.15) is 32.6 Å². The maximum absolute atomic E-state index is 13.1. The Hall–Kier alpha value is -1.80. The van der Waals surface area contributed by atoms with Gasteiger partial charge in [0.1, 0.15) is 16.4 Å². The highest BCUT2D eigenvalue weighted by molar-refractivity contribution is 7.89. The fourth-order valence-electron chi connectivity index (χ4n) is 3.95. The molecule has 0 aromatic heterocycles. The molecular weight excluding hydrogens is 380 g/mol. The van der Waals surface area contributed by atoms with Crippen molar-refractivity contribution in [3.8, 4) is 11.5 Å². The second-order valence-electron chi connectivity index (χ2n) is 7.70. The lowest BCUT2D eigenvalue weighted by Gasteiger charge is -2.36. The minimum Gasteiger partial charge on any atom is -0.497 e. The molecule has 0 saturated carbocycles. The van der Waals surface area contributed by atoms with Gasteiger partial charge in [0.05, 0.1) is 14.2 Å². The Morgan fingerprint density at radius 1 is 1.00 bits per heavy atom. The maximum atomic E-state index is 13.1. The molecule has 0 radical (unpaired) electrons. The molecule has 0 unspecified atom stereocenters. The van der Waals surface area contributed by atoms with Crippen LogP contribution in [0.15, 0.2) is 23.1 Å². The van der Waals surface area contributed by atoms with Crippen molar-refractivity contribution in [1.82, 2.24) is 9.21 Å². The van der Waals surface area contributed by atoms with Crippen molar-refractivity contribution in [2.45, 2.75) is 37.5 Å². The van der Waals surface area contributed by atoms with Crippen LogP contribution in [0.3, 0.4) is 0 Å². The van der Waals surface area contributed by atoms with Gasteiger partial charge in [0.25, 0.3) is 0 Å². The number of nitrogens with zero attached hydrogens (tertiary/aromatic N) is 2. The first-order valence-electron chi connectivity index (χ1n) is 9.87. The molecular formula is C20H30N2O5S. The fourth-order valence-corrected chi connectivity index (χ4v) is 5.60. The van der Waals surface area contributed by atoms with Gasteiger partial charge in [-0.15, -0.1) is 0 Å². The number of ether oxygens (including phenoxy) is 2. The van der Waals surface area contributed by atoms with Crippen LogP contribution in [-0.4, -0.2) is 63.9 Å². The summed E-state index contributed by atoms with van der Waals surface area (Å²) in [5, 5.41) is 0. The minimum atomic E-state index is -3.72. The lowest BCUT2D eigenvalue weighted by atomic mass is 9.93. The Kier molecular flexibility index (Phi) is 6.50. The Morgan fingerprint density at radius 3 is 2.21 bits per heavy atom. The number of rotatable bonds is 5. The monoisotopic (exact) mass is 410 g/mol. The molecule has 1 amide bonds. The zero-order valence-electron chi connectivity index (χ0n) is 16.9. The summed E-state index contributed by atoms with van der Waals surface area (Å²) in [6, 6.07) is 4.75. The second kappa shape index (κ2) is 8.69. The Morgan fingerprint density at radius 2 is 1.64 bits per heavy atom. The largest absolute Gasteiger partial charge is 0.497 e. The maximum Gasteiger partial charge on any atom is 0.246 e. The molecule has 2 heterocycles. The average Bonchev–Trinajstić information content (AvgIpc) is 2.73. The molecule has 1 aromatic rings. The third-order valence-electron chi connectivity index (χ3n) is 5.89. The van der Waals surface area contributed by atoms with Crippen molar-refractivity contribution in [1.29, 1.82) is 0 Å². The quantitative estimate of drug-likeness (QED) is 0.745. The van der Waals surface area contributed by atoms with Crippen LogP contribution in [-0.2, 0) is 14.8 Å². The van der Waals surface area contributed by atoms with Crippen LogP contribution in [0.2, 0.25) is 0 Å². The van der Waals surface area contributed by atoms with Crippen molar-refractivity contribution in [3.63, 3.8) is 0 Å². The van der Waals surface area contributed by atoms with E-state index in [1.54, 1.807) is 12.1 Å². The first-order chi connectivity index (χ1) is 13.4. The number of carbonyl (C=O) groups is 1. The number of hydrogen-bond acceptors (Lipinski definition) is 5. The second-order valence-corrected chi connectivity index (χ2v) is 9.61. The number of benzene rings is 1. The number of sulfonamides is 1. The van der Waals surface area contributed by atoms with Gasteiger partial charge in [0.15, 0.2) is 0 Å². The van der Waals surface area contributed by atoms with E-state index in [1.165, 1.54) is 24.6 Å². The molecule has 3 rings (SSSR count). The summed E-state index contributed by atoms with van der Waals surface area (Å²) >= 11 is 0. The van der Waals surface area contributed by atoms with E-state index in [2.05, 4.69) is 6.92 Å². The smallest absolute Gasteiger partial charge is 0.246 e. The topological polar surface area (TPSA) is 76.1 Å². The van der Waals surface area contributed by atoms with Crippen molar-refractivity contribution >= 4 is 15.9 Å². The number of methoxy groups -OCH3 is 2. The van der Waals surface area contributed by atoms with E-state index in [4.69, 9.17) is 9.47 Å². The van der Waals surface area contributed by atoms with Gasteiger partial charge in [0.2, 0.25) is 15.9 Å². The van der Waals surface area contributed by atoms with Crippen LogP contribution < -0.4 is 9.47 Å². The Bertz CT molecular complexity index is 795. The first kappa shape index (κ1) is 20.9. The minimum absolute atomic E-state index is 0.0907. The average molecular weight is 411 g/mol. The molecule has 1 aromatic carbocycles. The number of likely N-dealkylation sites (tertiary alicyclic amines) is 1. The zero-order valence-corrected chi connectivity index (χ0v) is 17.7. The number of hydrogen-bond donors (Lipinski definition) is 0. The Balaban J connectivity index is 1.68. The normalized spacial score (nSPS) is 20.2. The van der Waals surface area contributed by atoms with E-state index in [1.807, 2.05) is 4.90 Å². The number of piperidine rings is 2. The summed E-state index contributed by atoms with van der Waals surface area (Å²) in [6.07, 6.45) is 3.20. The molecule has 0 atom stereocenters. The molecule has 0 bridgehead atoms. The summed E-state index contributed by atoms with van der Waals surface area (Å²) in [5.74, 6) is 1.52. The summed E-state index contributed by atoms with van der Waals surface area (Å²) in [5.41, 5.74) is 0. The fraction of sp³-hybridized carbons (Fsp3) is 0.650. The van der Waals surface area contributed by atoms with Crippen LogP contribution in [0, 0.1) is 11.8 Å². The number of carbonyl (C=O) groups excluding carboxylic acids is 1. The van der Waals surface area contributed by atoms with E-state index in [-0.39, 0.29) is 16.7 Å². The highest BCUT2D eigenvalue weighted by Crippen LogP contribution is 2.33. The van der Waals surface area contributed by atoms with Gasteiger partial charge in [-0.3, -0.25) is 4.79 Å². The lowest BCUT2D eigenvalue weighted by molar-refractivity contribution is -0.138. The van der Waals surface area contributed by atoms with Crippen molar-refractivity contribution in [2.24, 2.45) is 11.8 Å². The third kappa shape index (κ3) is 4.27. The van der Waals surface area contributed by atoms with Crippen LogP contribution in [0.4, 0.5) is 0 Å². The van der Waals surface area contributed by atoms with Crippen LogP contribution in [0.25, 0.3) is 0 Å². The molecule has 2 fully saturated rings. The van der Waals surface area contributed by atoms with Gasteiger partial charge in [-0.1, -0.05) is 6.92 Å². The molecule has 2 aliphatic heterocycles. The molecule has 0 spiro atoms. The molecule has 7 nitrogen and oxygen atoms in total. The van der Waals surface area contributed by atoms with Crippen molar-refractivity contribution in [2.75, 3.05) is 40.4 Å². The number of amides is 1. The van der Waals surface area contributed by atoms with Crippen LogP contribution >= 0.6 is 0 Å². The predicted octanol–water partition coefficient (Wildman–Crippen LogP) is 2.36. The standard InChI is InChI=1S/C20H30N2O5S/c1-15-6-10-21(11-7-15)20(23)16-8-12-22(13-9-16)28(24,25)19-14-17(26-2)4-5-18(19)27-3/h4-5,14-16H,6-13H2,1-3H3. The van der Waals surface area contributed by atoms with E-state index in [0.29, 0.717) is 43.3 Å². The summed E-state index contributed by atoms with van der Waals surface area (Å²) in [6.45, 7) is 4.53. The highest BCUT2D eigenvalue weighted by Gasteiger charge is 2.35. The molecule has 2 saturated heterocycles. The van der Waals surface area contributed by atoms with Gasteiger partial charge >= 0.3 is 0 Å². The molecule has 2 aliphatic rings. The van der Waals surface area contributed by atoms with Crippen LogP contribution in [0.5, 0.6) is 11.5 Å². The first-order valence-corrected chi connectivity index (χ1v) is 11.3. The Labute approximate surface area is 167 Å². The van der Waals surface area contributed by atoms with Crippen molar-refractivity contribution in [3.05, 3.63) is 18.2 Å². The molecule has 8 heteroatoms. The van der Waals surface area contributed by atoms with E-state index in [9.17, 15) is 13.2 Å². The lowest BCUT2D eigenvalue weighted by Crippen LogP contribution is -2.46. The SMILES string of the molecule is COc1ccc(OC)c(S(=O)(=O)N2CCC(C(=O)N3CCC(C)CC3)CC2)c1.